The van der Waals surface area contributed by atoms with Gasteiger partial charge in [0.1, 0.15) is 5.78 Å². The predicted molar refractivity (Wildman–Crippen MR) is 61.2 cm³/mol. The summed E-state index contributed by atoms with van der Waals surface area (Å²) in [4.78, 5) is 11.5. The van der Waals surface area contributed by atoms with Crippen molar-refractivity contribution in [3.8, 4) is 0 Å². The summed E-state index contributed by atoms with van der Waals surface area (Å²) < 4.78 is 0. The lowest BCUT2D eigenvalue weighted by Gasteiger charge is -2.10. The van der Waals surface area contributed by atoms with Crippen LogP contribution in [0.1, 0.15) is 59.3 Å². The Morgan fingerprint density at radius 2 is 1.86 bits per heavy atom. The summed E-state index contributed by atoms with van der Waals surface area (Å²) in [5.41, 5.74) is 5.77. The molecule has 84 valence electrons. The molecule has 14 heavy (non-hydrogen) atoms. The van der Waals surface area contributed by atoms with Crippen LogP contribution in [0.2, 0.25) is 0 Å². The summed E-state index contributed by atoms with van der Waals surface area (Å²) in [5, 5.41) is 0. The van der Waals surface area contributed by atoms with Crippen molar-refractivity contribution >= 4 is 5.78 Å². The van der Waals surface area contributed by atoms with E-state index in [4.69, 9.17) is 5.73 Å². The quantitative estimate of drug-likeness (QED) is 0.653. The smallest absolute Gasteiger partial charge is 0.149 e. The second-order valence-corrected chi connectivity index (χ2v) is 4.50. The van der Waals surface area contributed by atoms with Crippen LogP contribution >= 0.6 is 0 Å². The van der Waals surface area contributed by atoms with Crippen molar-refractivity contribution in [2.75, 3.05) is 0 Å². The van der Waals surface area contributed by atoms with Gasteiger partial charge < -0.3 is 5.73 Å². The fourth-order valence-corrected chi connectivity index (χ4v) is 1.45. The van der Waals surface area contributed by atoms with Gasteiger partial charge in [-0.2, -0.15) is 0 Å². The third kappa shape index (κ3) is 7.07. The van der Waals surface area contributed by atoms with Crippen LogP contribution in [0.25, 0.3) is 0 Å². The van der Waals surface area contributed by atoms with E-state index in [0.717, 1.165) is 32.1 Å². The molecule has 0 aromatic heterocycles. The van der Waals surface area contributed by atoms with Gasteiger partial charge in [-0.1, -0.05) is 40.0 Å². The third-order valence-corrected chi connectivity index (χ3v) is 2.49. The van der Waals surface area contributed by atoms with Crippen LogP contribution in [0.3, 0.4) is 0 Å². The Hall–Kier alpha value is -0.370. The minimum Gasteiger partial charge on any atom is -0.322 e. The third-order valence-electron chi connectivity index (χ3n) is 2.49. The first-order valence-corrected chi connectivity index (χ1v) is 5.86. The molecule has 2 heteroatoms. The van der Waals surface area contributed by atoms with E-state index in [1.807, 2.05) is 0 Å². The Morgan fingerprint density at radius 1 is 1.21 bits per heavy atom. The molecule has 2 nitrogen and oxygen atoms in total. The topological polar surface area (TPSA) is 43.1 Å². The van der Waals surface area contributed by atoms with Gasteiger partial charge in [-0.05, 0) is 18.8 Å². The Balaban J connectivity index is 3.52. The van der Waals surface area contributed by atoms with Crippen molar-refractivity contribution in [3.05, 3.63) is 0 Å². The van der Waals surface area contributed by atoms with Crippen LogP contribution in [-0.2, 0) is 4.79 Å². The summed E-state index contributed by atoms with van der Waals surface area (Å²) in [7, 11) is 0. The summed E-state index contributed by atoms with van der Waals surface area (Å²) in [6.45, 7) is 6.49. The van der Waals surface area contributed by atoms with E-state index in [9.17, 15) is 4.79 Å². The van der Waals surface area contributed by atoms with Crippen LogP contribution in [-0.4, -0.2) is 11.8 Å². The van der Waals surface area contributed by atoms with E-state index in [1.54, 1.807) is 0 Å². The fraction of sp³-hybridized carbons (Fsp3) is 0.917. The number of ketones is 1. The average Bonchev–Trinajstić information content (AvgIpc) is 2.13. The molecule has 0 radical (unpaired) electrons. The van der Waals surface area contributed by atoms with E-state index in [-0.39, 0.29) is 11.8 Å². The fourth-order valence-electron chi connectivity index (χ4n) is 1.45. The molecule has 0 bridgehead atoms. The van der Waals surface area contributed by atoms with Gasteiger partial charge in [0.2, 0.25) is 0 Å². The number of hydrogen-bond donors (Lipinski definition) is 1. The number of rotatable bonds is 8. The highest BCUT2D eigenvalue weighted by atomic mass is 16.1. The van der Waals surface area contributed by atoms with Gasteiger partial charge in [0.15, 0.2) is 0 Å². The molecular weight excluding hydrogens is 174 g/mol. The minimum absolute atomic E-state index is 0.206. The Morgan fingerprint density at radius 3 is 2.36 bits per heavy atom. The normalized spacial score (nSPS) is 13.2. The molecule has 0 aliphatic rings. The summed E-state index contributed by atoms with van der Waals surface area (Å²) in [5.74, 6) is 0.939. The average molecular weight is 199 g/mol. The van der Waals surface area contributed by atoms with Crippen molar-refractivity contribution < 1.29 is 4.79 Å². The Kier molecular flexibility index (Phi) is 7.77. The maximum atomic E-state index is 11.5. The Labute approximate surface area is 88.3 Å². The van der Waals surface area contributed by atoms with E-state index < -0.39 is 0 Å². The lowest BCUT2D eigenvalue weighted by atomic mass is 9.99. The summed E-state index contributed by atoms with van der Waals surface area (Å²) in [6, 6.07) is -0.206. The number of carbonyl (C=O) groups excluding carboxylic acids is 1. The molecule has 0 fully saturated rings. The van der Waals surface area contributed by atoms with Crippen LogP contribution in [0.4, 0.5) is 0 Å². The highest BCUT2D eigenvalue weighted by Gasteiger charge is 2.12. The van der Waals surface area contributed by atoms with Crippen LogP contribution in [0.5, 0.6) is 0 Å². The van der Waals surface area contributed by atoms with Crippen molar-refractivity contribution in [1.82, 2.24) is 0 Å². The Bertz CT molecular complexity index is 154. The molecule has 1 unspecified atom stereocenters. The molecule has 1 atom stereocenters. The first-order valence-electron chi connectivity index (χ1n) is 5.86. The molecule has 0 saturated carbocycles. The SMILES string of the molecule is CCCCC(N)C(=O)CCCC(C)C. The number of nitrogens with two attached hydrogens (primary N) is 1. The van der Waals surface area contributed by atoms with Crippen molar-refractivity contribution in [3.63, 3.8) is 0 Å². The van der Waals surface area contributed by atoms with E-state index in [0.29, 0.717) is 12.3 Å². The van der Waals surface area contributed by atoms with Gasteiger partial charge in [0, 0.05) is 6.42 Å². The molecule has 0 aromatic rings. The molecule has 0 aromatic carbocycles. The van der Waals surface area contributed by atoms with E-state index in [1.165, 1.54) is 0 Å². The zero-order valence-corrected chi connectivity index (χ0v) is 9.88. The van der Waals surface area contributed by atoms with Gasteiger partial charge in [-0.25, -0.2) is 0 Å². The van der Waals surface area contributed by atoms with Gasteiger partial charge in [-0.15, -0.1) is 0 Å². The molecule has 2 N–H and O–H groups in total. The first kappa shape index (κ1) is 13.6. The van der Waals surface area contributed by atoms with Crippen LogP contribution < -0.4 is 5.73 Å². The second kappa shape index (κ2) is 7.98. The number of Topliss-reactive ketones (excluding diaryl/α,β-unsaturated/α-hetero) is 1. The predicted octanol–water partition coefficient (Wildman–Crippen LogP) is 2.90. The van der Waals surface area contributed by atoms with Crippen molar-refractivity contribution in [2.24, 2.45) is 11.7 Å². The van der Waals surface area contributed by atoms with Crippen LogP contribution in [0, 0.1) is 5.92 Å². The maximum Gasteiger partial charge on any atom is 0.149 e. The van der Waals surface area contributed by atoms with Gasteiger partial charge in [-0.3, -0.25) is 4.79 Å². The maximum absolute atomic E-state index is 11.5. The van der Waals surface area contributed by atoms with Gasteiger partial charge in [0.05, 0.1) is 6.04 Å². The number of unbranched alkanes of at least 4 members (excludes halogenated alkanes) is 1. The van der Waals surface area contributed by atoms with Gasteiger partial charge >= 0.3 is 0 Å². The molecule has 0 spiro atoms. The molecule has 0 heterocycles. The lowest BCUT2D eigenvalue weighted by Crippen LogP contribution is -2.30. The highest BCUT2D eigenvalue weighted by molar-refractivity contribution is 5.83. The zero-order chi connectivity index (χ0) is 11.0. The first-order chi connectivity index (χ1) is 6.57. The molecule has 0 rings (SSSR count). The molecule has 0 saturated heterocycles. The largest absolute Gasteiger partial charge is 0.322 e. The summed E-state index contributed by atoms with van der Waals surface area (Å²) in [6.07, 6.45) is 5.84. The lowest BCUT2D eigenvalue weighted by molar-refractivity contribution is -0.120. The van der Waals surface area contributed by atoms with Crippen LogP contribution in [0.15, 0.2) is 0 Å². The number of hydrogen-bond acceptors (Lipinski definition) is 2. The van der Waals surface area contributed by atoms with E-state index >= 15 is 0 Å². The molecule has 0 aliphatic heterocycles. The molecule has 0 aliphatic carbocycles. The monoisotopic (exact) mass is 199 g/mol. The standard InChI is InChI=1S/C12H25NO/c1-4-5-8-11(13)12(14)9-6-7-10(2)3/h10-11H,4-9,13H2,1-3H3. The van der Waals surface area contributed by atoms with Crippen molar-refractivity contribution in [1.29, 1.82) is 0 Å². The molecule has 0 amide bonds. The van der Waals surface area contributed by atoms with Crippen molar-refractivity contribution in [2.45, 2.75) is 65.3 Å². The van der Waals surface area contributed by atoms with Gasteiger partial charge in [0.25, 0.3) is 0 Å². The summed E-state index contributed by atoms with van der Waals surface area (Å²) >= 11 is 0. The highest BCUT2D eigenvalue weighted by Crippen LogP contribution is 2.09. The minimum atomic E-state index is -0.206. The second-order valence-electron chi connectivity index (χ2n) is 4.50. The van der Waals surface area contributed by atoms with E-state index in [2.05, 4.69) is 20.8 Å². The number of carbonyl (C=O) groups is 1. The molecular formula is C12H25NO. The zero-order valence-electron chi connectivity index (χ0n) is 9.88.